The van der Waals surface area contributed by atoms with E-state index in [9.17, 15) is 9.59 Å². The average Bonchev–Trinajstić information content (AvgIpc) is 3.05. The minimum Gasteiger partial charge on any atom is -0.481 e. The van der Waals surface area contributed by atoms with Gasteiger partial charge in [0.25, 0.3) is 5.91 Å². The zero-order valence-electron chi connectivity index (χ0n) is 12.4. The Morgan fingerprint density at radius 3 is 2.87 bits per heavy atom. The van der Waals surface area contributed by atoms with Crippen molar-refractivity contribution in [1.82, 2.24) is 5.32 Å². The molecule has 1 amide bonds. The molecule has 0 unspecified atom stereocenters. The SMILES string of the molecule is C[C@H](Oc1ccc2ccc(=O)oc2c1)C(=O)NCc1ccco1. The van der Waals surface area contributed by atoms with Crippen LogP contribution in [0.5, 0.6) is 5.75 Å². The van der Waals surface area contributed by atoms with Gasteiger partial charge in [0, 0.05) is 17.5 Å². The van der Waals surface area contributed by atoms with E-state index in [1.165, 1.54) is 6.07 Å². The molecule has 23 heavy (non-hydrogen) atoms. The molecule has 1 N–H and O–H groups in total. The highest BCUT2D eigenvalue weighted by Crippen LogP contribution is 2.20. The molecule has 6 nitrogen and oxygen atoms in total. The molecule has 0 radical (unpaired) electrons. The number of carbonyl (C=O) groups is 1. The molecule has 0 saturated heterocycles. The molecule has 1 aromatic carbocycles. The summed E-state index contributed by atoms with van der Waals surface area (Å²) in [6.07, 6.45) is 0.849. The maximum absolute atomic E-state index is 12.0. The van der Waals surface area contributed by atoms with E-state index in [1.807, 2.05) is 0 Å². The molecule has 2 aromatic heterocycles. The van der Waals surface area contributed by atoms with Crippen LogP contribution < -0.4 is 15.7 Å². The lowest BCUT2D eigenvalue weighted by Crippen LogP contribution is -2.35. The van der Waals surface area contributed by atoms with Gasteiger partial charge in [0.1, 0.15) is 17.1 Å². The first-order chi connectivity index (χ1) is 11.1. The van der Waals surface area contributed by atoms with Crippen LogP contribution >= 0.6 is 0 Å². The van der Waals surface area contributed by atoms with Crippen molar-refractivity contribution in [2.45, 2.75) is 19.6 Å². The molecule has 0 fully saturated rings. The Balaban J connectivity index is 1.65. The molecule has 6 heteroatoms. The summed E-state index contributed by atoms with van der Waals surface area (Å²) in [5.41, 5.74) is -0.0166. The summed E-state index contributed by atoms with van der Waals surface area (Å²) in [6.45, 7) is 1.94. The predicted molar refractivity (Wildman–Crippen MR) is 83.1 cm³/mol. The third kappa shape index (κ3) is 3.60. The summed E-state index contributed by atoms with van der Waals surface area (Å²) in [6, 6.07) is 11.6. The number of amides is 1. The number of benzene rings is 1. The highest BCUT2D eigenvalue weighted by Gasteiger charge is 2.15. The standard InChI is InChI=1S/C17H15NO5/c1-11(17(20)18-10-14-3-2-8-21-14)22-13-6-4-12-5-7-16(19)23-15(12)9-13/h2-9,11H,10H2,1H3,(H,18,20)/t11-/m0/s1. The molecule has 118 valence electrons. The van der Waals surface area contributed by atoms with Crippen LogP contribution in [0.1, 0.15) is 12.7 Å². The minimum atomic E-state index is -0.696. The van der Waals surface area contributed by atoms with Crippen LogP contribution in [0.3, 0.4) is 0 Å². The Kier molecular flexibility index (Phi) is 4.14. The number of carbonyl (C=O) groups excluding carboxylic acids is 1. The largest absolute Gasteiger partial charge is 0.481 e. The molecule has 0 aliphatic rings. The van der Waals surface area contributed by atoms with E-state index < -0.39 is 11.7 Å². The molecule has 3 rings (SSSR count). The smallest absolute Gasteiger partial charge is 0.336 e. The highest BCUT2D eigenvalue weighted by molar-refractivity contribution is 5.81. The first-order valence-electron chi connectivity index (χ1n) is 7.12. The van der Waals surface area contributed by atoms with Crippen molar-refractivity contribution < 1.29 is 18.4 Å². The second kappa shape index (κ2) is 6.39. The van der Waals surface area contributed by atoms with Gasteiger partial charge in [-0.3, -0.25) is 4.79 Å². The van der Waals surface area contributed by atoms with Gasteiger partial charge in [0.15, 0.2) is 6.10 Å². The molecule has 0 saturated carbocycles. The van der Waals surface area contributed by atoms with Crippen LogP contribution in [0, 0.1) is 0 Å². The Morgan fingerprint density at radius 1 is 1.26 bits per heavy atom. The summed E-state index contributed by atoms with van der Waals surface area (Å²) < 4.78 is 15.8. The van der Waals surface area contributed by atoms with E-state index in [0.717, 1.165) is 5.39 Å². The molecular formula is C17H15NO5. The van der Waals surface area contributed by atoms with Gasteiger partial charge in [0.2, 0.25) is 0 Å². The quantitative estimate of drug-likeness (QED) is 0.732. The first-order valence-corrected chi connectivity index (χ1v) is 7.12. The minimum absolute atomic E-state index is 0.268. The molecule has 3 aromatic rings. The maximum Gasteiger partial charge on any atom is 0.336 e. The fraction of sp³-hybridized carbons (Fsp3) is 0.176. The molecule has 1 atom stereocenters. The fourth-order valence-corrected chi connectivity index (χ4v) is 2.10. The van der Waals surface area contributed by atoms with Gasteiger partial charge < -0.3 is 18.9 Å². The zero-order valence-corrected chi connectivity index (χ0v) is 12.4. The summed E-state index contributed by atoms with van der Waals surface area (Å²) in [5, 5.41) is 3.50. The Labute approximate surface area is 131 Å². The van der Waals surface area contributed by atoms with Crippen molar-refractivity contribution in [1.29, 1.82) is 0 Å². The third-order valence-corrected chi connectivity index (χ3v) is 3.29. The topological polar surface area (TPSA) is 81.7 Å². The van der Waals surface area contributed by atoms with Crippen molar-refractivity contribution in [3.05, 3.63) is 64.9 Å². The zero-order chi connectivity index (χ0) is 16.2. The monoisotopic (exact) mass is 313 g/mol. The van der Waals surface area contributed by atoms with Crippen LogP contribution in [0.4, 0.5) is 0 Å². The van der Waals surface area contributed by atoms with Crippen LogP contribution in [0.15, 0.2) is 62.4 Å². The highest BCUT2D eigenvalue weighted by atomic mass is 16.5. The predicted octanol–water partition coefficient (Wildman–Crippen LogP) is 2.47. The molecule has 0 bridgehead atoms. The molecular weight excluding hydrogens is 298 g/mol. The number of ether oxygens (including phenoxy) is 1. The van der Waals surface area contributed by atoms with Gasteiger partial charge in [-0.1, -0.05) is 0 Å². The summed E-state index contributed by atoms with van der Waals surface area (Å²) in [7, 11) is 0. The van der Waals surface area contributed by atoms with Crippen molar-refractivity contribution in [2.24, 2.45) is 0 Å². The normalized spacial score (nSPS) is 12.0. The second-order valence-corrected chi connectivity index (χ2v) is 5.01. The Bertz CT molecular complexity index is 866. The molecule has 0 aliphatic heterocycles. The van der Waals surface area contributed by atoms with Crippen molar-refractivity contribution in [3.63, 3.8) is 0 Å². The lowest BCUT2D eigenvalue weighted by molar-refractivity contribution is -0.127. The number of furan rings is 1. The van der Waals surface area contributed by atoms with E-state index in [1.54, 1.807) is 49.6 Å². The average molecular weight is 313 g/mol. The van der Waals surface area contributed by atoms with Crippen molar-refractivity contribution in [2.75, 3.05) is 0 Å². The van der Waals surface area contributed by atoms with E-state index in [2.05, 4.69) is 5.32 Å². The number of nitrogens with one attached hydrogen (secondary N) is 1. The van der Waals surface area contributed by atoms with E-state index in [4.69, 9.17) is 13.6 Å². The summed E-state index contributed by atoms with van der Waals surface area (Å²) in [4.78, 5) is 23.3. The van der Waals surface area contributed by atoms with Gasteiger partial charge in [-0.15, -0.1) is 0 Å². The second-order valence-electron chi connectivity index (χ2n) is 5.01. The van der Waals surface area contributed by atoms with Gasteiger partial charge in [-0.05, 0) is 37.3 Å². The molecule has 0 spiro atoms. The third-order valence-electron chi connectivity index (χ3n) is 3.29. The van der Waals surface area contributed by atoms with E-state index in [-0.39, 0.29) is 5.91 Å². The maximum atomic E-state index is 12.0. The van der Waals surface area contributed by atoms with Crippen LogP contribution in [-0.4, -0.2) is 12.0 Å². The van der Waals surface area contributed by atoms with Gasteiger partial charge in [-0.2, -0.15) is 0 Å². The van der Waals surface area contributed by atoms with Crippen molar-refractivity contribution >= 4 is 16.9 Å². The van der Waals surface area contributed by atoms with E-state index >= 15 is 0 Å². The number of hydrogen-bond acceptors (Lipinski definition) is 5. The Hall–Kier alpha value is -3.02. The first kappa shape index (κ1) is 14.9. The van der Waals surface area contributed by atoms with Gasteiger partial charge >= 0.3 is 5.63 Å². The van der Waals surface area contributed by atoms with Crippen LogP contribution in [0.25, 0.3) is 11.0 Å². The molecule has 0 aliphatic carbocycles. The lowest BCUT2D eigenvalue weighted by atomic mass is 10.2. The number of hydrogen-bond donors (Lipinski definition) is 1. The van der Waals surface area contributed by atoms with Gasteiger partial charge in [0.05, 0.1) is 12.8 Å². The van der Waals surface area contributed by atoms with Gasteiger partial charge in [-0.25, -0.2) is 4.79 Å². The number of rotatable bonds is 5. The van der Waals surface area contributed by atoms with E-state index in [0.29, 0.717) is 23.6 Å². The summed E-state index contributed by atoms with van der Waals surface area (Å²) in [5.74, 6) is 0.849. The fourth-order valence-electron chi connectivity index (χ4n) is 2.10. The molecule has 2 heterocycles. The van der Waals surface area contributed by atoms with Crippen LogP contribution in [-0.2, 0) is 11.3 Å². The number of fused-ring (bicyclic) bond motifs is 1. The summed E-state index contributed by atoms with van der Waals surface area (Å²) >= 11 is 0. The Morgan fingerprint density at radius 2 is 2.09 bits per heavy atom. The van der Waals surface area contributed by atoms with Crippen LogP contribution in [0.2, 0.25) is 0 Å². The lowest BCUT2D eigenvalue weighted by Gasteiger charge is -2.14. The van der Waals surface area contributed by atoms with Crippen molar-refractivity contribution in [3.8, 4) is 5.75 Å².